The molecule has 2 rings (SSSR count). The molecule has 1 atom stereocenters. The van der Waals surface area contributed by atoms with E-state index in [4.69, 9.17) is 0 Å². The summed E-state index contributed by atoms with van der Waals surface area (Å²) in [5, 5.41) is 10.9. The van der Waals surface area contributed by atoms with Crippen LogP contribution in [0, 0.1) is 6.92 Å². The molecule has 0 saturated heterocycles. The monoisotopic (exact) mass is 279 g/mol. The Balaban J connectivity index is 2.04. The highest BCUT2D eigenvalue weighted by atomic mass is 32.1. The summed E-state index contributed by atoms with van der Waals surface area (Å²) in [7, 11) is 1.99. The first-order chi connectivity index (χ1) is 9.10. The third kappa shape index (κ3) is 3.61. The molecule has 0 amide bonds. The number of aryl methyl sites for hydroxylation is 1. The highest BCUT2D eigenvalue weighted by molar-refractivity contribution is 7.09. The molecule has 0 fully saturated rings. The topological polar surface area (TPSA) is 55.6 Å². The molecule has 0 aliphatic rings. The summed E-state index contributed by atoms with van der Waals surface area (Å²) in [6, 6.07) is 0.685. The minimum atomic E-state index is 0.340. The van der Waals surface area contributed by atoms with Crippen LogP contribution in [0.2, 0.25) is 0 Å². The van der Waals surface area contributed by atoms with Crippen LogP contribution >= 0.6 is 11.3 Å². The molecule has 0 bridgehead atoms. The van der Waals surface area contributed by atoms with Gasteiger partial charge in [-0.1, -0.05) is 0 Å². The van der Waals surface area contributed by atoms with Gasteiger partial charge in [-0.25, -0.2) is 14.6 Å². The van der Waals surface area contributed by atoms with Crippen LogP contribution in [0.15, 0.2) is 11.7 Å². The van der Waals surface area contributed by atoms with Gasteiger partial charge in [-0.3, -0.25) is 0 Å². The van der Waals surface area contributed by atoms with Crippen molar-refractivity contribution < 1.29 is 0 Å². The fourth-order valence-corrected chi connectivity index (χ4v) is 2.91. The summed E-state index contributed by atoms with van der Waals surface area (Å²) in [6.07, 6.45) is 3.43. The van der Waals surface area contributed by atoms with Gasteiger partial charge in [0.2, 0.25) is 0 Å². The van der Waals surface area contributed by atoms with Crippen molar-refractivity contribution in [2.75, 3.05) is 7.05 Å². The summed E-state index contributed by atoms with van der Waals surface area (Å²) in [5.74, 6) is 1.03. The molecule has 0 aliphatic heterocycles. The van der Waals surface area contributed by atoms with E-state index in [1.54, 1.807) is 17.7 Å². The molecule has 0 saturated carbocycles. The quantitative estimate of drug-likeness (QED) is 0.878. The Hall–Kier alpha value is -1.27. The van der Waals surface area contributed by atoms with E-state index in [1.165, 1.54) is 5.01 Å². The zero-order valence-corrected chi connectivity index (χ0v) is 12.7. The zero-order valence-electron chi connectivity index (χ0n) is 11.9. The van der Waals surface area contributed by atoms with Gasteiger partial charge in [-0.15, -0.1) is 11.3 Å². The highest BCUT2D eigenvalue weighted by Crippen LogP contribution is 2.14. The smallest absolute Gasteiger partial charge is 0.138 e. The molecule has 2 heterocycles. The van der Waals surface area contributed by atoms with Gasteiger partial charge in [-0.05, 0) is 27.8 Å². The van der Waals surface area contributed by atoms with Gasteiger partial charge in [0.15, 0.2) is 0 Å². The van der Waals surface area contributed by atoms with Gasteiger partial charge < -0.3 is 5.32 Å². The molecule has 0 aliphatic carbocycles. The second kappa shape index (κ2) is 6.25. The fourth-order valence-electron chi connectivity index (χ4n) is 2.06. The number of thiazole rings is 1. The van der Waals surface area contributed by atoms with Gasteiger partial charge in [-0.2, -0.15) is 5.10 Å². The van der Waals surface area contributed by atoms with Crippen molar-refractivity contribution in [3.05, 3.63) is 28.2 Å². The molecule has 5 nitrogen and oxygen atoms in total. The molecule has 104 valence electrons. The van der Waals surface area contributed by atoms with Crippen LogP contribution in [0.1, 0.15) is 36.4 Å². The Labute approximate surface area is 118 Å². The van der Waals surface area contributed by atoms with Crippen LogP contribution in [0.25, 0.3) is 0 Å². The zero-order chi connectivity index (χ0) is 13.8. The molecular weight excluding hydrogens is 258 g/mol. The average Bonchev–Trinajstić information content (AvgIpc) is 2.97. The van der Waals surface area contributed by atoms with Gasteiger partial charge in [0.05, 0.1) is 5.01 Å². The number of rotatable bonds is 6. The number of likely N-dealkylation sites (N-methyl/N-ethyl adjacent to an activating group) is 1. The van der Waals surface area contributed by atoms with Crippen LogP contribution in [0.3, 0.4) is 0 Å². The van der Waals surface area contributed by atoms with Crippen molar-refractivity contribution in [3.63, 3.8) is 0 Å². The van der Waals surface area contributed by atoms with Crippen LogP contribution in [0.4, 0.5) is 0 Å². The molecular formula is C13H21N5S. The minimum absolute atomic E-state index is 0.340. The van der Waals surface area contributed by atoms with Crippen LogP contribution in [-0.2, 0) is 12.8 Å². The van der Waals surface area contributed by atoms with E-state index >= 15 is 0 Å². The standard InChI is InChI=1S/C13H21N5S/c1-9(2)18-12(15-8-16-18)5-11(14-4)6-13-17-10(3)7-19-13/h7-9,11,14H,5-6H2,1-4H3. The maximum Gasteiger partial charge on any atom is 0.138 e. The van der Waals surface area contributed by atoms with E-state index < -0.39 is 0 Å². The minimum Gasteiger partial charge on any atom is -0.316 e. The first-order valence-electron chi connectivity index (χ1n) is 6.56. The summed E-state index contributed by atoms with van der Waals surface area (Å²) >= 11 is 1.72. The number of nitrogens with zero attached hydrogens (tertiary/aromatic N) is 4. The predicted molar refractivity (Wildman–Crippen MR) is 77.5 cm³/mol. The third-order valence-electron chi connectivity index (χ3n) is 3.06. The van der Waals surface area contributed by atoms with Crippen molar-refractivity contribution in [2.24, 2.45) is 0 Å². The first kappa shape index (κ1) is 14.1. The summed E-state index contributed by atoms with van der Waals surface area (Å²) in [6.45, 7) is 6.28. The van der Waals surface area contributed by atoms with Gasteiger partial charge in [0, 0.05) is 36.0 Å². The molecule has 0 radical (unpaired) electrons. The van der Waals surface area contributed by atoms with Gasteiger partial charge in [0.1, 0.15) is 12.2 Å². The van der Waals surface area contributed by atoms with Crippen molar-refractivity contribution in [2.45, 2.75) is 45.7 Å². The second-order valence-electron chi connectivity index (χ2n) is 4.99. The van der Waals surface area contributed by atoms with Gasteiger partial charge >= 0.3 is 0 Å². The molecule has 0 aromatic carbocycles. The van der Waals surface area contributed by atoms with Crippen LogP contribution < -0.4 is 5.32 Å². The van der Waals surface area contributed by atoms with Crippen molar-refractivity contribution in [1.82, 2.24) is 25.1 Å². The molecule has 2 aromatic rings. The molecule has 6 heteroatoms. The Bertz CT molecular complexity index is 517. The summed E-state index contributed by atoms with van der Waals surface area (Å²) in [4.78, 5) is 8.89. The lowest BCUT2D eigenvalue weighted by Gasteiger charge is -2.16. The molecule has 2 aromatic heterocycles. The van der Waals surface area contributed by atoms with E-state index in [1.807, 2.05) is 18.7 Å². The number of nitrogens with one attached hydrogen (secondary N) is 1. The maximum absolute atomic E-state index is 4.52. The van der Waals surface area contributed by atoms with E-state index in [9.17, 15) is 0 Å². The van der Waals surface area contributed by atoms with E-state index in [-0.39, 0.29) is 0 Å². The number of hydrogen-bond donors (Lipinski definition) is 1. The largest absolute Gasteiger partial charge is 0.316 e. The first-order valence-corrected chi connectivity index (χ1v) is 7.44. The van der Waals surface area contributed by atoms with Crippen LogP contribution in [0.5, 0.6) is 0 Å². The third-order valence-corrected chi connectivity index (χ3v) is 4.05. The maximum atomic E-state index is 4.52. The van der Waals surface area contributed by atoms with Crippen molar-refractivity contribution in [1.29, 1.82) is 0 Å². The summed E-state index contributed by atoms with van der Waals surface area (Å²) < 4.78 is 1.98. The highest BCUT2D eigenvalue weighted by Gasteiger charge is 2.15. The Kier molecular flexibility index (Phi) is 4.66. The Morgan fingerprint density at radius 2 is 2.16 bits per heavy atom. The van der Waals surface area contributed by atoms with Crippen molar-refractivity contribution >= 4 is 11.3 Å². The van der Waals surface area contributed by atoms with Crippen molar-refractivity contribution in [3.8, 4) is 0 Å². The Morgan fingerprint density at radius 3 is 2.74 bits per heavy atom. The summed E-state index contributed by atoms with van der Waals surface area (Å²) in [5.41, 5.74) is 1.10. The van der Waals surface area contributed by atoms with Crippen LogP contribution in [-0.4, -0.2) is 32.8 Å². The molecule has 1 N–H and O–H groups in total. The molecule has 1 unspecified atom stereocenters. The lowest BCUT2D eigenvalue weighted by molar-refractivity contribution is 0.469. The second-order valence-corrected chi connectivity index (χ2v) is 5.93. The lowest BCUT2D eigenvalue weighted by Crippen LogP contribution is -2.31. The Morgan fingerprint density at radius 1 is 1.37 bits per heavy atom. The molecule has 19 heavy (non-hydrogen) atoms. The fraction of sp³-hybridized carbons (Fsp3) is 0.615. The number of hydrogen-bond acceptors (Lipinski definition) is 5. The molecule has 0 spiro atoms. The van der Waals surface area contributed by atoms with E-state index in [0.717, 1.165) is 24.4 Å². The van der Waals surface area contributed by atoms with E-state index in [0.29, 0.717) is 12.1 Å². The average molecular weight is 279 g/mol. The van der Waals surface area contributed by atoms with E-state index in [2.05, 4.69) is 39.6 Å². The van der Waals surface area contributed by atoms with Gasteiger partial charge in [0.25, 0.3) is 0 Å². The predicted octanol–water partition coefficient (Wildman–Crippen LogP) is 2.00. The normalized spacial score (nSPS) is 13.1. The lowest BCUT2D eigenvalue weighted by atomic mass is 10.1. The number of aromatic nitrogens is 4. The SMILES string of the molecule is CNC(Cc1nc(C)cs1)Cc1ncnn1C(C)C.